The Balaban J connectivity index is 2.58. The minimum Gasteiger partial charge on any atom is -0.103 e. The van der Waals surface area contributed by atoms with Gasteiger partial charge in [0.1, 0.15) is 0 Å². The fourth-order valence-corrected chi connectivity index (χ4v) is 2.04. The minimum absolute atomic E-state index is 0.624. The third kappa shape index (κ3) is 1.88. The van der Waals surface area contributed by atoms with E-state index in [2.05, 4.69) is 38.0 Å². The Bertz CT molecular complexity index is 178. The molecule has 1 saturated carbocycles. The van der Waals surface area contributed by atoms with Crippen LogP contribution in [0.2, 0.25) is 0 Å². The average Bonchev–Trinajstić information content (AvgIpc) is 2.16. The first kappa shape index (κ1) is 9.31. The molecule has 1 aliphatic rings. The molecule has 1 rings (SSSR count). The van der Waals surface area contributed by atoms with Crippen LogP contribution in [0.4, 0.5) is 0 Å². The summed E-state index contributed by atoms with van der Waals surface area (Å²) in [6.45, 7) is 11.6. The number of hydrogen-bond acceptors (Lipinski definition) is 0. The Kier molecular flexibility index (Phi) is 3.33. The zero-order chi connectivity index (χ0) is 8.97. The molecule has 0 radical (unpaired) electrons. The SMILES string of the molecule is C=C[C@H]1CC[C@@H](C=C)[C@H](C=C)C1. The van der Waals surface area contributed by atoms with Crippen LogP contribution in [-0.4, -0.2) is 0 Å². The first-order chi connectivity index (χ1) is 5.81. The van der Waals surface area contributed by atoms with E-state index in [1.165, 1.54) is 19.3 Å². The third-order valence-corrected chi connectivity index (χ3v) is 2.93. The van der Waals surface area contributed by atoms with Crippen molar-refractivity contribution in [3.05, 3.63) is 38.0 Å². The van der Waals surface area contributed by atoms with E-state index in [4.69, 9.17) is 0 Å². The van der Waals surface area contributed by atoms with Gasteiger partial charge in [-0.05, 0) is 37.0 Å². The standard InChI is InChI=1S/C12H18/c1-4-10-7-8-11(5-2)12(6-3)9-10/h4-6,10-12H,1-3,7-9H2/t10-,11+,12+/m0/s1. The van der Waals surface area contributed by atoms with E-state index < -0.39 is 0 Å². The van der Waals surface area contributed by atoms with Crippen molar-refractivity contribution in [3.63, 3.8) is 0 Å². The maximum Gasteiger partial charge on any atom is -0.0168 e. The van der Waals surface area contributed by atoms with Crippen LogP contribution < -0.4 is 0 Å². The van der Waals surface area contributed by atoms with Crippen LogP contribution >= 0.6 is 0 Å². The molecule has 3 atom stereocenters. The highest BCUT2D eigenvalue weighted by Crippen LogP contribution is 2.35. The quantitative estimate of drug-likeness (QED) is 0.556. The summed E-state index contributed by atoms with van der Waals surface area (Å²) in [7, 11) is 0. The molecule has 1 aliphatic carbocycles. The van der Waals surface area contributed by atoms with Crippen molar-refractivity contribution in [1.82, 2.24) is 0 Å². The molecule has 1 fully saturated rings. The molecule has 0 unspecified atom stereocenters. The molecule has 12 heavy (non-hydrogen) atoms. The van der Waals surface area contributed by atoms with E-state index >= 15 is 0 Å². The third-order valence-electron chi connectivity index (χ3n) is 2.93. The van der Waals surface area contributed by atoms with E-state index in [0.717, 1.165) is 0 Å². The lowest BCUT2D eigenvalue weighted by Crippen LogP contribution is -2.20. The Labute approximate surface area is 75.7 Å². The van der Waals surface area contributed by atoms with E-state index in [1.54, 1.807) is 0 Å². The van der Waals surface area contributed by atoms with Crippen molar-refractivity contribution in [2.75, 3.05) is 0 Å². The highest BCUT2D eigenvalue weighted by atomic mass is 14.3. The van der Waals surface area contributed by atoms with Crippen molar-refractivity contribution in [2.24, 2.45) is 17.8 Å². The van der Waals surface area contributed by atoms with Crippen molar-refractivity contribution < 1.29 is 0 Å². The van der Waals surface area contributed by atoms with Crippen LogP contribution in [0, 0.1) is 17.8 Å². The van der Waals surface area contributed by atoms with E-state index in [-0.39, 0.29) is 0 Å². The summed E-state index contributed by atoms with van der Waals surface area (Å²) < 4.78 is 0. The fourth-order valence-electron chi connectivity index (χ4n) is 2.04. The minimum atomic E-state index is 0.624. The lowest BCUT2D eigenvalue weighted by molar-refractivity contribution is 0.288. The maximum atomic E-state index is 3.87. The predicted molar refractivity (Wildman–Crippen MR) is 54.9 cm³/mol. The molecule has 0 saturated heterocycles. The van der Waals surface area contributed by atoms with Crippen molar-refractivity contribution in [3.8, 4) is 0 Å². The molecule has 0 aromatic heterocycles. The largest absolute Gasteiger partial charge is 0.103 e. The predicted octanol–water partition coefficient (Wildman–Crippen LogP) is 3.58. The molecule has 0 aromatic rings. The summed E-state index contributed by atoms with van der Waals surface area (Å²) in [5.41, 5.74) is 0. The summed E-state index contributed by atoms with van der Waals surface area (Å²) in [6, 6.07) is 0. The zero-order valence-electron chi connectivity index (χ0n) is 7.71. The van der Waals surface area contributed by atoms with Gasteiger partial charge in [0.25, 0.3) is 0 Å². The molecular weight excluding hydrogens is 144 g/mol. The lowest BCUT2D eigenvalue weighted by atomic mass is 9.74. The van der Waals surface area contributed by atoms with E-state index in [9.17, 15) is 0 Å². The molecule has 0 nitrogen and oxygen atoms in total. The van der Waals surface area contributed by atoms with Gasteiger partial charge in [0.15, 0.2) is 0 Å². The normalized spacial score (nSPS) is 35.5. The Morgan fingerprint density at radius 3 is 2.00 bits per heavy atom. The summed E-state index contributed by atoms with van der Waals surface area (Å²) in [4.78, 5) is 0. The summed E-state index contributed by atoms with van der Waals surface area (Å²) in [5.74, 6) is 1.97. The number of allylic oxidation sites excluding steroid dienone is 3. The fraction of sp³-hybridized carbons (Fsp3) is 0.500. The molecule has 0 aromatic carbocycles. The Hall–Kier alpha value is -0.780. The molecular formula is C12H18. The molecule has 0 amide bonds. The molecule has 0 N–H and O–H groups in total. The first-order valence-corrected chi connectivity index (χ1v) is 4.69. The van der Waals surface area contributed by atoms with Gasteiger partial charge < -0.3 is 0 Å². The molecule has 66 valence electrons. The maximum absolute atomic E-state index is 3.87. The van der Waals surface area contributed by atoms with Crippen molar-refractivity contribution >= 4 is 0 Å². The molecule has 0 spiro atoms. The molecule has 0 heterocycles. The second-order valence-corrected chi connectivity index (χ2v) is 3.61. The van der Waals surface area contributed by atoms with Gasteiger partial charge in [-0.3, -0.25) is 0 Å². The molecule has 0 bridgehead atoms. The highest BCUT2D eigenvalue weighted by Gasteiger charge is 2.24. The lowest BCUT2D eigenvalue weighted by Gasteiger charge is -2.31. The van der Waals surface area contributed by atoms with Crippen LogP contribution in [0.3, 0.4) is 0 Å². The number of hydrogen-bond donors (Lipinski definition) is 0. The van der Waals surface area contributed by atoms with Gasteiger partial charge in [0.05, 0.1) is 0 Å². The monoisotopic (exact) mass is 162 g/mol. The molecule has 0 aliphatic heterocycles. The summed E-state index contributed by atoms with van der Waals surface area (Å²) >= 11 is 0. The summed E-state index contributed by atoms with van der Waals surface area (Å²) in [6.07, 6.45) is 9.95. The van der Waals surface area contributed by atoms with Crippen LogP contribution in [0.5, 0.6) is 0 Å². The van der Waals surface area contributed by atoms with Gasteiger partial charge in [0.2, 0.25) is 0 Å². The smallest absolute Gasteiger partial charge is 0.0168 e. The second-order valence-electron chi connectivity index (χ2n) is 3.61. The van der Waals surface area contributed by atoms with Gasteiger partial charge in [-0.25, -0.2) is 0 Å². The number of rotatable bonds is 3. The van der Waals surface area contributed by atoms with Gasteiger partial charge in [-0.1, -0.05) is 18.2 Å². The van der Waals surface area contributed by atoms with Gasteiger partial charge in [-0.15, -0.1) is 19.7 Å². The van der Waals surface area contributed by atoms with E-state index in [0.29, 0.717) is 17.8 Å². The molecule has 0 heteroatoms. The topological polar surface area (TPSA) is 0 Å². The van der Waals surface area contributed by atoms with Crippen LogP contribution in [0.15, 0.2) is 38.0 Å². The second kappa shape index (κ2) is 4.30. The first-order valence-electron chi connectivity index (χ1n) is 4.69. The summed E-state index contributed by atoms with van der Waals surface area (Å²) in [5, 5.41) is 0. The van der Waals surface area contributed by atoms with Gasteiger partial charge in [0, 0.05) is 0 Å². The Morgan fingerprint density at radius 1 is 0.833 bits per heavy atom. The zero-order valence-corrected chi connectivity index (χ0v) is 7.71. The average molecular weight is 162 g/mol. The van der Waals surface area contributed by atoms with Gasteiger partial charge >= 0.3 is 0 Å². The van der Waals surface area contributed by atoms with Crippen LogP contribution in [0.1, 0.15) is 19.3 Å². The van der Waals surface area contributed by atoms with Gasteiger partial charge in [-0.2, -0.15) is 0 Å². The van der Waals surface area contributed by atoms with Crippen molar-refractivity contribution in [1.29, 1.82) is 0 Å². The highest BCUT2D eigenvalue weighted by molar-refractivity contribution is 4.99. The Morgan fingerprint density at radius 2 is 1.50 bits per heavy atom. The van der Waals surface area contributed by atoms with E-state index in [1.807, 2.05) is 0 Å². The van der Waals surface area contributed by atoms with Crippen LogP contribution in [-0.2, 0) is 0 Å². The van der Waals surface area contributed by atoms with Crippen molar-refractivity contribution in [2.45, 2.75) is 19.3 Å². The van der Waals surface area contributed by atoms with Crippen LogP contribution in [0.25, 0.3) is 0 Å².